The second kappa shape index (κ2) is 7.34. The van der Waals surface area contributed by atoms with Gasteiger partial charge >= 0.3 is 6.16 Å². The summed E-state index contributed by atoms with van der Waals surface area (Å²) in [6.45, 7) is 1.02. The van der Waals surface area contributed by atoms with Gasteiger partial charge in [-0.15, -0.1) is 0 Å². The minimum atomic E-state index is -1.20. The molecule has 0 aliphatic heterocycles. The third kappa shape index (κ3) is 9.23. The van der Waals surface area contributed by atoms with Gasteiger partial charge in [-0.2, -0.15) is 0 Å². The standard InChI is InChI=1S/C7H14O4/c1-10-5-3-2-4-6-11-7(8)9/h2-6H2,1H3,(H,8,9). The molecule has 0 atom stereocenters. The van der Waals surface area contributed by atoms with Crippen molar-refractivity contribution in [3.8, 4) is 0 Å². The van der Waals surface area contributed by atoms with Crippen LogP contribution in [0.25, 0.3) is 0 Å². The van der Waals surface area contributed by atoms with E-state index in [0.717, 1.165) is 25.9 Å². The van der Waals surface area contributed by atoms with E-state index in [0.29, 0.717) is 6.61 Å². The summed E-state index contributed by atoms with van der Waals surface area (Å²) in [5.74, 6) is 0. The fraction of sp³-hybridized carbons (Fsp3) is 0.857. The van der Waals surface area contributed by atoms with Crippen LogP contribution in [0.15, 0.2) is 0 Å². The molecule has 0 aliphatic rings. The number of unbranched alkanes of at least 4 members (excludes halogenated alkanes) is 2. The van der Waals surface area contributed by atoms with Gasteiger partial charge in [0.15, 0.2) is 0 Å². The van der Waals surface area contributed by atoms with Crippen LogP contribution in [0.3, 0.4) is 0 Å². The Morgan fingerprint density at radius 3 is 2.45 bits per heavy atom. The molecule has 0 rings (SSSR count). The molecular weight excluding hydrogens is 148 g/mol. The van der Waals surface area contributed by atoms with Crippen molar-refractivity contribution in [1.29, 1.82) is 0 Å². The summed E-state index contributed by atoms with van der Waals surface area (Å²) in [7, 11) is 1.65. The zero-order valence-electron chi connectivity index (χ0n) is 6.71. The van der Waals surface area contributed by atoms with Crippen molar-refractivity contribution in [2.45, 2.75) is 19.3 Å². The molecule has 11 heavy (non-hydrogen) atoms. The second-order valence-corrected chi connectivity index (χ2v) is 2.17. The number of ether oxygens (including phenoxy) is 2. The van der Waals surface area contributed by atoms with Gasteiger partial charge in [-0.05, 0) is 19.3 Å². The van der Waals surface area contributed by atoms with Crippen LogP contribution in [0.2, 0.25) is 0 Å². The first kappa shape index (κ1) is 10.2. The third-order valence-electron chi connectivity index (χ3n) is 1.22. The average Bonchev–Trinajstić information content (AvgIpc) is 1.96. The SMILES string of the molecule is COCCCCCOC(=O)O. The van der Waals surface area contributed by atoms with Gasteiger partial charge in [0.05, 0.1) is 6.61 Å². The molecule has 0 heterocycles. The number of rotatable bonds is 6. The summed E-state index contributed by atoms with van der Waals surface area (Å²) in [5.41, 5.74) is 0. The van der Waals surface area contributed by atoms with Crippen LogP contribution < -0.4 is 0 Å². The van der Waals surface area contributed by atoms with E-state index in [1.54, 1.807) is 7.11 Å². The maximum Gasteiger partial charge on any atom is 0.505 e. The van der Waals surface area contributed by atoms with Crippen LogP contribution in [-0.2, 0) is 9.47 Å². The molecule has 0 radical (unpaired) electrons. The number of carboxylic acid groups (broad SMARTS) is 1. The number of hydrogen-bond donors (Lipinski definition) is 1. The summed E-state index contributed by atoms with van der Waals surface area (Å²) in [4.78, 5) is 9.84. The Morgan fingerprint density at radius 1 is 1.27 bits per heavy atom. The lowest BCUT2D eigenvalue weighted by Gasteiger charge is -1.99. The third-order valence-corrected chi connectivity index (χ3v) is 1.22. The zero-order chi connectivity index (χ0) is 8.53. The van der Waals surface area contributed by atoms with Crippen LogP contribution in [0.4, 0.5) is 4.79 Å². The second-order valence-electron chi connectivity index (χ2n) is 2.17. The van der Waals surface area contributed by atoms with Crippen molar-refractivity contribution in [2.24, 2.45) is 0 Å². The Labute approximate surface area is 66.1 Å². The first-order valence-electron chi connectivity index (χ1n) is 3.62. The van der Waals surface area contributed by atoms with Gasteiger partial charge in [0, 0.05) is 13.7 Å². The molecule has 66 valence electrons. The van der Waals surface area contributed by atoms with Crippen molar-refractivity contribution in [3.05, 3.63) is 0 Å². The lowest BCUT2D eigenvalue weighted by molar-refractivity contribution is 0.0892. The van der Waals surface area contributed by atoms with Crippen LogP contribution in [-0.4, -0.2) is 31.6 Å². The highest BCUT2D eigenvalue weighted by molar-refractivity contribution is 5.56. The Kier molecular flexibility index (Phi) is 6.82. The van der Waals surface area contributed by atoms with E-state index < -0.39 is 6.16 Å². The number of carbonyl (C=O) groups is 1. The molecular formula is C7H14O4. The molecule has 4 heteroatoms. The van der Waals surface area contributed by atoms with Gasteiger partial charge in [0.25, 0.3) is 0 Å². The Balaban J connectivity index is 2.85. The Morgan fingerprint density at radius 2 is 1.91 bits per heavy atom. The average molecular weight is 162 g/mol. The maximum absolute atomic E-state index is 9.84. The highest BCUT2D eigenvalue weighted by atomic mass is 16.7. The first-order chi connectivity index (χ1) is 5.27. The minimum Gasteiger partial charge on any atom is -0.450 e. The van der Waals surface area contributed by atoms with E-state index in [1.807, 2.05) is 0 Å². The van der Waals surface area contributed by atoms with Crippen molar-refractivity contribution < 1.29 is 19.4 Å². The number of hydrogen-bond acceptors (Lipinski definition) is 3. The predicted octanol–water partition coefficient (Wildman–Crippen LogP) is 1.50. The maximum atomic E-state index is 9.84. The molecule has 4 nitrogen and oxygen atoms in total. The lowest BCUT2D eigenvalue weighted by Crippen LogP contribution is -2.01. The fourth-order valence-corrected chi connectivity index (χ4v) is 0.685. The monoisotopic (exact) mass is 162 g/mol. The lowest BCUT2D eigenvalue weighted by atomic mass is 10.2. The highest BCUT2D eigenvalue weighted by Crippen LogP contribution is 1.95. The van der Waals surface area contributed by atoms with E-state index in [9.17, 15) is 4.79 Å². The Hall–Kier alpha value is -0.770. The largest absolute Gasteiger partial charge is 0.505 e. The van der Waals surface area contributed by atoms with Gasteiger partial charge < -0.3 is 14.6 Å². The quantitative estimate of drug-likeness (QED) is 0.475. The molecule has 0 saturated carbocycles. The van der Waals surface area contributed by atoms with Crippen LogP contribution in [0.5, 0.6) is 0 Å². The van der Waals surface area contributed by atoms with Gasteiger partial charge in [0.1, 0.15) is 0 Å². The zero-order valence-corrected chi connectivity index (χ0v) is 6.71. The van der Waals surface area contributed by atoms with Crippen molar-refractivity contribution >= 4 is 6.16 Å². The molecule has 0 spiro atoms. The van der Waals surface area contributed by atoms with Crippen LogP contribution in [0, 0.1) is 0 Å². The van der Waals surface area contributed by atoms with E-state index >= 15 is 0 Å². The summed E-state index contributed by atoms with van der Waals surface area (Å²) >= 11 is 0. The minimum absolute atomic E-state index is 0.291. The van der Waals surface area contributed by atoms with Crippen molar-refractivity contribution in [2.75, 3.05) is 20.3 Å². The predicted molar refractivity (Wildman–Crippen MR) is 39.7 cm³/mol. The molecule has 0 aromatic carbocycles. The smallest absolute Gasteiger partial charge is 0.450 e. The molecule has 1 N–H and O–H groups in total. The van der Waals surface area contributed by atoms with Gasteiger partial charge in [-0.1, -0.05) is 0 Å². The molecule has 0 bridgehead atoms. The summed E-state index contributed by atoms with van der Waals surface area (Å²) in [6, 6.07) is 0. The highest BCUT2D eigenvalue weighted by Gasteiger charge is 1.94. The molecule has 0 aromatic rings. The van der Waals surface area contributed by atoms with E-state index in [2.05, 4.69) is 4.74 Å². The topological polar surface area (TPSA) is 55.8 Å². The van der Waals surface area contributed by atoms with Crippen molar-refractivity contribution in [3.63, 3.8) is 0 Å². The van der Waals surface area contributed by atoms with Gasteiger partial charge in [-0.25, -0.2) is 4.79 Å². The van der Waals surface area contributed by atoms with Crippen molar-refractivity contribution in [1.82, 2.24) is 0 Å². The van der Waals surface area contributed by atoms with Gasteiger partial charge in [-0.3, -0.25) is 0 Å². The molecule has 0 aromatic heterocycles. The molecule has 0 unspecified atom stereocenters. The summed E-state index contributed by atoms with van der Waals surface area (Å²) in [6.07, 6.45) is 1.48. The Bertz CT molecular complexity index is 103. The number of methoxy groups -OCH3 is 1. The summed E-state index contributed by atoms with van der Waals surface area (Å²) in [5, 5.41) is 8.07. The van der Waals surface area contributed by atoms with E-state index in [-0.39, 0.29) is 0 Å². The molecule has 0 aliphatic carbocycles. The van der Waals surface area contributed by atoms with Crippen LogP contribution in [0.1, 0.15) is 19.3 Å². The fourth-order valence-electron chi connectivity index (χ4n) is 0.685. The van der Waals surface area contributed by atoms with Gasteiger partial charge in [0.2, 0.25) is 0 Å². The van der Waals surface area contributed by atoms with E-state index in [1.165, 1.54) is 0 Å². The van der Waals surface area contributed by atoms with E-state index in [4.69, 9.17) is 9.84 Å². The molecule has 0 amide bonds. The molecule has 0 fully saturated rings. The van der Waals surface area contributed by atoms with Crippen LogP contribution >= 0.6 is 0 Å². The molecule has 0 saturated heterocycles. The summed E-state index contributed by atoms with van der Waals surface area (Å²) < 4.78 is 9.11. The first-order valence-corrected chi connectivity index (χ1v) is 3.62. The normalized spacial score (nSPS) is 9.55.